The molecule has 1 amide bonds. The lowest BCUT2D eigenvalue weighted by Gasteiger charge is -2.11. The lowest BCUT2D eigenvalue weighted by atomic mass is 9.99. The first-order valence-electron chi connectivity index (χ1n) is 7.19. The molecular formula is C16H22N2O. The number of hydrogen-bond acceptors (Lipinski definition) is 2. The maximum Gasteiger partial charge on any atom is 0.271 e. The first-order chi connectivity index (χ1) is 9.27. The van der Waals surface area contributed by atoms with Crippen LogP contribution in [-0.4, -0.2) is 11.6 Å². The van der Waals surface area contributed by atoms with Crippen LogP contribution in [0.1, 0.15) is 60.9 Å². The third-order valence-electron chi connectivity index (χ3n) is 3.64. The van der Waals surface area contributed by atoms with Crippen LogP contribution in [0, 0.1) is 6.92 Å². The van der Waals surface area contributed by atoms with Crippen molar-refractivity contribution in [3.8, 4) is 0 Å². The summed E-state index contributed by atoms with van der Waals surface area (Å²) in [4.78, 5) is 12.0. The molecule has 0 spiro atoms. The molecule has 0 unspecified atom stereocenters. The molecule has 1 aromatic rings. The molecule has 0 radical (unpaired) electrons. The summed E-state index contributed by atoms with van der Waals surface area (Å²) in [5.74, 6) is -0.104. The number of nitrogens with one attached hydrogen (secondary N) is 1. The summed E-state index contributed by atoms with van der Waals surface area (Å²) in [5, 5.41) is 4.32. The first-order valence-corrected chi connectivity index (χ1v) is 7.19. The summed E-state index contributed by atoms with van der Waals surface area (Å²) in [6.45, 7) is 1.94. The van der Waals surface area contributed by atoms with E-state index in [9.17, 15) is 4.79 Å². The quantitative estimate of drug-likeness (QED) is 0.805. The van der Waals surface area contributed by atoms with Crippen molar-refractivity contribution >= 4 is 11.6 Å². The molecule has 0 bridgehead atoms. The van der Waals surface area contributed by atoms with Gasteiger partial charge in [0.1, 0.15) is 0 Å². The van der Waals surface area contributed by atoms with Gasteiger partial charge in [-0.2, -0.15) is 5.10 Å². The van der Waals surface area contributed by atoms with Crippen LogP contribution in [0.25, 0.3) is 0 Å². The van der Waals surface area contributed by atoms with E-state index in [-0.39, 0.29) is 5.91 Å². The topological polar surface area (TPSA) is 41.5 Å². The van der Waals surface area contributed by atoms with Gasteiger partial charge in [-0.15, -0.1) is 0 Å². The highest BCUT2D eigenvalue weighted by atomic mass is 16.2. The summed E-state index contributed by atoms with van der Waals surface area (Å²) in [7, 11) is 0. The van der Waals surface area contributed by atoms with Crippen molar-refractivity contribution in [2.45, 2.75) is 51.9 Å². The largest absolute Gasteiger partial charge is 0.271 e. The van der Waals surface area contributed by atoms with Crippen LogP contribution in [0.5, 0.6) is 0 Å². The molecular weight excluding hydrogens is 236 g/mol. The van der Waals surface area contributed by atoms with Gasteiger partial charge in [0.05, 0.1) is 0 Å². The molecule has 1 aliphatic rings. The SMILES string of the molecule is Cc1ccccc1C(=O)NN=C1CCCCCCC1. The van der Waals surface area contributed by atoms with Gasteiger partial charge in [-0.1, -0.05) is 37.5 Å². The van der Waals surface area contributed by atoms with E-state index in [1.165, 1.54) is 32.1 Å². The van der Waals surface area contributed by atoms with Crippen molar-refractivity contribution in [3.63, 3.8) is 0 Å². The molecule has 0 aliphatic heterocycles. The van der Waals surface area contributed by atoms with Crippen molar-refractivity contribution in [3.05, 3.63) is 35.4 Å². The van der Waals surface area contributed by atoms with Gasteiger partial charge >= 0.3 is 0 Å². The molecule has 0 saturated heterocycles. The van der Waals surface area contributed by atoms with Crippen molar-refractivity contribution < 1.29 is 4.79 Å². The summed E-state index contributed by atoms with van der Waals surface area (Å²) in [6.07, 6.45) is 8.33. The van der Waals surface area contributed by atoms with Crippen LogP contribution in [0.4, 0.5) is 0 Å². The van der Waals surface area contributed by atoms with Crippen molar-refractivity contribution in [2.75, 3.05) is 0 Å². The third kappa shape index (κ3) is 4.19. The Labute approximate surface area is 115 Å². The van der Waals surface area contributed by atoms with Gasteiger partial charge in [0.2, 0.25) is 0 Å². The van der Waals surface area contributed by atoms with Crippen LogP contribution < -0.4 is 5.43 Å². The second-order valence-electron chi connectivity index (χ2n) is 5.20. The van der Waals surface area contributed by atoms with Crippen molar-refractivity contribution in [1.29, 1.82) is 0 Å². The Morgan fingerprint density at radius 3 is 2.37 bits per heavy atom. The second-order valence-corrected chi connectivity index (χ2v) is 5.20. The molecule has 19 heavy (non-hydrogen) atoms. The van der Waals surface area contributed by atoms with E-state index >= 15 is 0 Å². The molecule has 3 nitrogen and oxygen atoms in total. The molecule has 2 rings (SSSR count). The van der Waals surface area contributed by atoms with Crippen molar-refractivity contribution in [2.24, 2.45) is 5.10 Å². The minimum atomic E-state index is -0.104. The van der Waals surface area contributed by atoms with Gasteiger partial charge < -0.3 is 0 Å². The van der Waals surface area contributed by atoms with E-state index in [1.54, 1.807) is 0 Å². The number of nitrogens with zero attached hydrogens (tertiary/aromatic N) is 1. The second kappa shape index (κ2) is 7.07. The fraction of sp³-hybridized carbons (Fsp3) is 0.500. The van der Waals surface area contributed by atoms with Gasteiger partial charge in [-0.3, -0.25) is 4.79 Å². The fourth-order valence-electron chi connectivity index (χ4n) is 2.44. The molecule has 1 saturated carbocycles. The monoisotopic (exact) mass is 258 g/mol. The summed E-state index contributed by atoms with van der Waals surface area (Å²) >= 11 is 0. The Balaban J connectivity index is 1.96. The molecule has 1 N–H and O–H groups in total. The van der Waals surface area contributed by atoms with E-state index in [0.29, 0.717) is 5.56 Å². The number of carbonyl (C=O) groups is 1. The highest BCUT2D eigenvalue weighted by molar-refractivity contribution is 5.96. The van der Waals surface area contributed by atoms with Gasteiger partial charge in [-0.25, -0.2) is 5.43 Å². The molecule has 3 heteroatoms. The van der Waals surface area contributed by atoms with Gasteiger partial charge in [0, 0.05) is 11.3 Å². The fourth-order valence-corrected chi connectivity index (χ4v) is 2.44. The van der Waals surface area contributed by atoms with E-state index in [2.05, 4.69) is 10.5 Å². The van der Waals surface area contributed by atoms with E-state index in [4.69, 9.17) is 0 Å². The van der Waals surface area contributed by atoms with Crippen LogP contribution in [-0.2, 0) is 0 Å². The average Bonchev–Trinajstić information content (AvgIpc) is 2.37. The highest BCUT2D eigenvalue weighted by Crippen LogP contribution is 2.15. The number of amides is 1. The maximum atomic E-state index is 12.0. The zero-order valence-corrected chi connectivity index (χ0v) is 11.6. The Hall–Kier alpha value is -1.64. The van der Waals surface area contributed by atoms with Crippen LogP contribution in [0.3, 0.4) is 0 Å². The van der Waals surface area contributed by atoms with Gasteiger partial charge in [0.25, 0.3) is 5.91 Å². The normalized spacial score (nSPS) is 16.4. The number of hydrazone groups is 1. The summed E-state index contributed by atoms with van der Waals surface area (Å²) in [6, 6.07) is 7.60. The van der Waals surface area contributed by atoms with Gasteiger partial charge in [-0.05, 0) is 44.2 Å². The predicted octanol–water partition coefficient (Wildman–Crippen LogP) is 3.83. The van der Waals surface area contributed by atoms with Crippen molar-refractivity contribution in [1.82, 2.24) is 5.43 Å². The minimum Gasteiger partial charge on any atom is -0.267 e. The average molecular weight is 258 g/mol. The number of benzene rings is 1. The van der Waals surface area contributed by atoms with Crippen LogP contribution in [0.15, 0.2) is 29.4 Å². The Bertz CT molecular complexity index is 456. The zero-order chi connectivity index (χ0) is 13.5. The summed E-state index contributed by atoms with van der Waals surface area (Å²) in [5.41, 5.74) is 5.54. The zero-order valence-electron chi connectivity index (χ0n) is 11.6. The smallest absolute Gasteiger partial charge is 0.267 e. The Kier molecular flexibility index (Phi) is 5.13. The molecule has 1 fully saturated rings. The first kappa shape index (κ1) is 13.8. The van der Waals surface area contributed by atoms with E-state index in [1.807, 2.05) is 31.2 Å². The summed E-state index contributed by atoms with van der Waals surface area (Å²) < 4.78 is 0. The van der Waals surface area contributed by atoms with E-state index in [0.717, 1.165) is 24.1 Å². The Morgan fingerprint density at radius 2 is 1.68 bits per heavy atom. The molecule has 0 heterocycles. The number of rotatable bonds is 2. The predicted molar refractivity (Wildman–Crippen MR) is 78.4 cm³/mol. The number of carbonyl (C=O) groups excluding carboxylic acids is 1. The molecule has 1 aromatic carbocycles. The molecule has 0 aromatic heterocycles. The van der Waals surface area contributed by atoms with Gasteiger partial charge in [0.15, 0.2) is 0 Å². The minimum absolute atomic E-state index is 0.104. The maximum absolute atomic E-state index is 12.0. The van der Waals surface area contributed by atoms with E-state index < -0.39 is 0 Å². The Morgan fingerprint density at radius 1 is 1.05 bits per heavy atom. The molecule has 0 atom stereocenters. The van der Waals surface area contributed by atoms with Crippen LogP contribution >= 0.6 is 0 Å². The standard InChI is InChI=1S/C16H22N2O/c1-13-9-7-8-12-15(13)16(19)18-17-14-10-5-3-2-4-6-11-14/h7-9,12H,2-6,10-11H2,1H3,(H,18,19). The number of hydrogen-bond donors (Lipinski definition) is 1. The molecule has 1 aliphatic carbocycles. The lowest BCUT2D eigenvalue weighted by Crippen LogP contribution is -2.21. The third-order valence-corrected chi connectivity index (χ3v) is 3.64. The highest BCUT2D eigenvalue weighted by Gasteiger charge is 2.09. The van der Waals surface area contributed by atoms with Crippen LogP contribution in [0.2, 0.25) is 0 Å². The number of aryl methyl sites for hydroxylation is 1. The lowest BCUT2D eigenvalue weighted by molar-refractivity contribution is 0.0954. The molecule has 102 valence electrons.